The van der Waals surface area contributed by atoms with Crippen molar-refractivity contribution in [2.75, 3.05) is 39.8 Å². The van der Waals surface area contributed by atoms with Crippen LogP contribution < -0.4 is 54.0 Å². The summed E-state index contributed by atoms with van der Waals surface area (Å²) in [6, 6.07) is 3.94. The third-order valence-corrected chi connectivity index (χ3v) is 7.24. The summed E-state index contributed by atoms with van der Waals surface area (Å²) in [5.74, 6) is 0.511. The maximum atomic E-state index is 12.9. The number of nitrogens with two attached hydrogens (primary N) is 2. The minimum Gasteiger partial charge on any atom is -0.508 e. The number of carbonyl (C=O) groups excluding carboxylic acids is 4. The standard InChI is InChI=1S/C31H58N10O5/c1-20(2)14-25(18-37-31(46)41-27(21(3)4)19-38-28(43)34-5)40-30(45)36-17-24(8-6-7-13-32)39-29(44)35-16-23(33)15-22-9-11-26(42)12-10-22/h9-12,20-21,23-25,27,42H,6-8,13-19,32-33H2,1-5H3,(H2,34,38,43)(H2,35,39,44)(H2,36,40,45)(H2,37,41,46)/t23-,24-,25-,27+/m0/s1. The summed E-state index contributed by atoms with van der Waals surface area (Å²) in [5, 5.41) is 31.8. The molecule has 8 amide bonds. The van der Waals surface area contributed by atoms with E-state index in [0.29, 0.717) is 25.8 Å². The Labute approximate surface area is 273 Å². The van der Waals surface area contributed by atoms with Crippen molar-refractivity contribution >= 4 is 24.1 Å². The number of amides is 8. The average molecular weight is 651 g/mol. The highest BCUT2D eigenvalue weighted by atomic mass is 16.3. The van der Waals surface area contributed by atoms with E-state index < -0.39 is 12.1 Å². The van der Waals surface area contributed by atoms with Crippen LogP contribution in [0, 0.1) is 11.8 Å². The molecule has 0 aliphatic rings. The Morgan fingerprint density at radius 3 is 1.85 bits per heavy atom. The van der Waals surface area contributed by atoms with Crippen molar-refractivity contribution in [2.45, 2.75) is 84.0 Å². The zero-order valence-corrected chi connectivity index (χ0v) is 28.1. The molecule has 13 N–H and O–H groups in total. The highest BCUT2D eigenvalue weighted by molar-refractivity contribution is 5.77. The maximum absolute atomic E-state index is 12.9. The smallest absolute Gasteiger partial charge is 0.315 e. The first-order valence-electron chi connectivity index (χ1n) is 16.1. The number of unbranched alkanes of at least 4 members (excludes halogenated alkanes) is 1. The molecule has 0 saturated carbocycles. The molecule has 0 aliphatic heterocycles. The molecule has 4 atom stereocenters. The second kappa shape index (κ2) is 22.5. The van der Waals surface area contributed by atoms with E-state index in [1.54, 1.807) is 24.3 Å². The monoisotopic (exact) mass is 650 g/mol. The van der Waals surface area contributed by atoms with Gasteiger partial charge in [-0.15, -0.1) is 0 Å². The van der Waals surface area contributed by atoms with Crippen LogP contribution in [0.5, 0.6) is 5.75 Å². The number of nitrogens with one attached hydrogen (secondary N) is 8. The molecule has 0 fully saturated rings. The highest BCUT2D eigenvalue weighted by Gasteiger charge is 2.20. The van der Waals surface area contributed by atoms with Gasteiger partial charge in [-0.3, -0.25) is 0 Å². The molecular formula is C31H58N10O5. The fraction of sp³-hybridized carbons (Fsp3) is 0.677. The molecule has 0 unspecified atom stereocenters. The molecule has 0 bridgehead atoms. The molecule has 0 aliphatic carbocycles. The lowest BCUT2D eigenvalue weighted by molar-refractivity contribution is 0.222. The molecule has 1 aromatic carbocycles. The number of rotatable bonds is 20. The first-order chi connectivity index (χ1) is 21.8. The molecule has 0 aromatic heterocycles. The van der Waals surface area contributed by atoms with E-state index in [1.165, 1.54) is 7.05 Å². The number of phenols is 1. The summed E-state index contributed by atoms with van der Waals surface area (Å²) in [6.45, 7) is 9.38. The lowest BCUT2D eigenvalue weighted by Gasteiger charge is -2.25. The molecule has 0 saturated heterocycles. The van der Waals surface area contributed by atoms with Gasteiger partial charge in [0.15, 0.2) is 0 Å². The van der Waals surface area contributed by atoms with Gasteiger partial charge in [0.1, 0.15) is 5.75 Å². The fourth-order valence-corrected chi connectivity index (χ4v) is 4.62. The van der Waals surface area contributed by atoms with Crippen molar-refractivity contribution < 1.29 is 24.3 Å². The molecule has 1 rings (SSSR count). The zero-order valence-electron chi connectivity index (χ0n) is 28.1. The Kier molecular flexibility index (Phi) is 19.6. The van der Waals surface area contributed by atoms with Crippen LogP contribution in [0.4, 0.5) is 19.2 Å². The maximum Gasteiger partial charge on any atom is 0.315 e. The summed E-state index contributed by atoms with van der Waals surface area (Å²) >= 11 is 0. The summed E-state index contributed by atoms with van der Waals surface area (Å²) in [7, 11) is 1.52. The lowest BCUT2D eigenvalue weighted by atomic mass is 10.0. The normalized spacial score (nSPS) is 13.6. The molecule has 0 radical (unpaired) electrons. The molecule has 46 heavy (non-hydrogen) atoms. The number of carbonyl (C=O) groups is 4. The molecule has 1 aromatic rings. The molecular weight excluding hydrogens is 592 g/mol. The van der Waals surface area contributed by atoms with Crippen LogP contribution in [-0.2, 0) is 6.42 Å². The van der Waals surface area contributed by atoms with E-state index in [2.05, 4.69) is 42.5 Å². The predicted molar refractivity (Wildman–Crippen MR) is 180 cm³/mol. The van der Waals surface area contributed by atoms with Gasteiger partial charge in [0, 0.05) is 51.4 Å². The second-order valence-electron chi connectivity index (χ2n) is 12.3. The highest BCUT2D eigenvalue weighted by Crippen LogP contribution is 2.11. The zero-order chi connectivity index (χ0) is 34.5. The van der Waals surface area contributed by atoms with Crippen LogP contribution >= 0.6 is 0 Å². The third kappa shape index (κ3) is 18.7. The number of aromatic hydroxyl groups is 1. The van der Waals surface area contributed by atoms with Gasteiger partial charge in [-0.2, -0.15) is 0 Å². The van der Waals surface area contributed by atoms with Crippen molar-refractivity contribution in [3.63, 3.8) is 0 Å². The van der Waals surface area contributed by atoms with Crippen LogP contribution in [0.15, 0.2) is 24.3 Å². The SMILES string of the molecule is CNC(=O)NC[C@@H](NC(=O)NC[C@H](CC(C)C)NC(=O)NC[C@H](CCCCN)NC(=O)NC[C@@H](N)Cc1ccc(O)cc1)C(C)C. The van der Waals surface area contributed by atoms with E-state index in [4.69, 9.17) is 11.5 Å². The number of hydrogen-bond donors (Lipinski definition) is 11. The van der Waals surface area contributed by atoms with Gasteiger partial charge in [-0.1, -0.05) is 46.2 Å². The Morgan fingerprint density at radius 2 is 1.28 bits per heavy atom. The molecule has 15 nitrogen and oxygen atoms in total. The van der Waals surface area contributed by atoms with Crippen LogP contribution in [0.3, 0.4) is 0 Å². The van der Waals surface area contributed by atoms with Crippen LogP contribution in [0.2, 0.25) is 0 Å². The first kappa shape index (κ1) is 40.0. The Balaban J connectivity index is 2.62. The minimum absolute atomic E-state index is 0.0778. The Bertz CT molecular complexity index is 1040. The van der Waals surface area contributed by atoms with Gasteiger partial charge < -0.3 is 59.1 Å². The molecule has 15 heteroatoms. The largest absolute Gasteiger partial charge is 0.508 e. The van der Waals surface area contributed by atoms with Gasteiger partial charge in [0.25, 0.3) is 0 Å². The molecule has 262 valence electrons. The van der Waals surface area contributed by atoms with Gasteiger partial charge in [0.2, 0.25) is 0 Å². The number of urea groups is 4. The van der Waals surface area contributed by atoms with Crippen molar-refractivity contribution in [3.05, 3.63) is 29.8 Å². The number of hydrogen-bond acceptors (Lipinski definition) is 7. The fourth-order valence-electron chi connectivity index (χ4n) is 4.62. The van der Waals surface area contributed by atoms with Crippen molar-refractivity contribution in [2.24, 2.45) is 23.3 Å². The lowest BCUT2D eigenvalue weighted by Crippen LogP contribution is -2.55. The summed E-state index contributed by atoms with van der Waals surface area (Å²) in [5.41, 5.74) is 12.8. The molecule has 0 heterocycles. The third-order valence-electron chi connectivity index (χ3n) is 7.24. The summed E-state index contributed by atoms with van der Waals surface area (Å²) in [6.07, 6.45) is 3.34. The van der Waals surface area contributed by atoms with Gasteiger partial charge >= 0.3 is 24.1 Å². The van der Waals surface area contributed by atoms with E-state index in [9.17, 15) is 24.3 Å². The van der Waals surface area contributed by atoms with E-state index in [1.807, 2.05) is 27.7 Å². The first-order valence-corrected chi connectivity index (χ1v) is 16.1. The van der Waals surface area contributed by atoms with Crippen molar-refractivity contribution in [1.29, 1.82) is 0 Å². The van der Waals surface area contributed by atoms with Crippen LogP contribution in [0.25, 0.3) is 0 Å². The van der Waals surface area contributed by atoms with E-state index in [-0.39, 0.29) is 80.0 Å². The van der Waals surface area contributed by atoms with Crippen LogP contribution in [0.1, 0.15) is 58.9 Å². The topological polar surface area (TPSA) is 237 Å². The van der Waals surface area contributed by atoms with Gasteiger partial charge in [-0.05, 0) is 61.8 Å². The van der Waals surface area contributed by atoms with E-state index >= 15 is 0 Å². The quantitative estimate of drug-likeness (QED) is 0.0916. The van der Waals surface area contributed by atoms with Crippen molar-refractivity contribution in [1.82, 2.24) is 42.5 Å². The van der Waals surface area contributed by atoms with Gasteiger partial charge in [0.05, 0.1) is 6.04 Å². The Morgan fingerprint density at radius 1 is 0.739 bits per heavy atom. The molecule has 0 spiro atoms. The summed E-state index contributed by atoms with van der Waals surface area (Å²) < 4.78 is 0. The number of phenolic OH excluding ortho intramolecular Hbond substituents is 1. The van der Waals surface area contributed by atoms with Crippen molar-refractivity contribution in [3.8, 4) is 5.75 Å². The predicted octanol–water partition coefficient (Wildman–Crippen LogP) is 1.03. The second-order valence-corrected chi connectivity index (χ2v) is 12.3. The average Bonchev–Trinajstić information content (AvgIpc) is 3.00. The van der Waals surface area contributed by atoms with Crippen LogP contribution in [-0.4, -0.2) is 93.2 Å². The van der Waals surface area contributed by atoms with Gasteiger partial charge in [-0.25, -0.2) is 19.2 Å². The summed E-state index contributed by atoms with van der Waals surface area (Å²) in [4.78, 5) is 49.7. The van der Waals surface area contributed by atoms with E-state index in [0.717, 1.165) is 18.4 Å². The number of benzene rings is 1. The Hall–Kier alpha value is -3.98. The minimum atomic E-state index is -0.412.